The normalized spacial score (nSPS) is 21.0. The highest BCUT2D eigenvalue weighted by atomic mass is 79.9. The van der Waals surface area contributed by atoms with Gasteiger partial charge in [0, 0.05) is 47.5 Å². The third kappa shape index (κ3) is 6.10. The number of rotatable bonds is 6. The maximum Gasteiger partial charge on any atom is 0.255 e. The molecule has 33 heavy (non-hydrogen) atoms. The first-order valence-corrected chi connectivity index (χ1v) is 12.8. The highest BCUT2D eigenvalue weighted by molar-refractivity contribution is 9.10. The molecule has 2 fully saturated rings. The minimum atomic E-state index is -0.427. The Kier molecular flexibility index (Phi) is 7.97. The summed E-state index contributed by atoms with van der Waals surface area (Å²) in [5, 5.41) is 0.653. The Balaban J connectivity index is 1.54. The van der Waals surface area contributed by atoms with Gasteiger partial charge in [-0.3, -0.25) is 9.59 Å². The van der Waals surface area contributed by atoms with E-state index in [0.29, 0.717) is 36.7 Å². The lowest BCUT2D eigenvalue weighted by atomic mass is 9.77. The van der Waals surface area contributed by atoms with E-state index in [0.717, 1.165) is 49.0 Å². The molecule has 2 aliphatic rings. The maximum atomic E-state index is 13.4. The van der Waals surface area contributed by atoms with Crippen LogP contribution in [-0.2, 0) is 4.79 Å². The van der Waals surface area contributed by atoms with Crippen molar-refractivity contribution in [2.24, 2.45) is 5.41 Å². The largest absolute Gasteiger partial charge is 0.493 e. The topological polar surface area (TPSA) is 49.9 Å². The summed E-state index contributed by atoms with van der Waals surface area (Å²) < 4.78 is 6.96. The molecule has 0 saturated carbocycles. The first-order chi connectivity index (χ1) is 16.0. The van der Waals surface area contributed by atoms with Crippen LogP contribution in [-0.4, -0.2) is 54.4 Å². The van der Waals surface area contributed by atoms with Gasteiger partial charge in [-0.05, 0) is 84.4 Å². The molecule has 7 heteroatoms. The van der Waals surface area contributed by atoms with E-state index in [4.69, 9.17) is 16.3 Å². The fourth-order valence-electron chi connectivity index (χ4n) is 4.84. The highest BCUT2D eigenvalue weighted by Crippen LogP contribution is 2.36. The van der Waals surface area contributed by atoms with Crippen molar-refractivity contribution in [3.05, 3.63) is 63.6 Å². The zero-order valence-corrected chi connectivity index (χ0v) is 21.1. The second kappa shape index (κ2) is 10.9. The zero-order chi connectivity index (χ0) is 23.3. The van der Waals surface area contributed by atoms with Crippen LogP contribution in [0.4, 0.5) is 0 Å². The minimum absolute atomic E-state index is 0.0107. The smallest absolute Gasteiger partial charge is 0.255 e. The Morgan fingerprint density at radius 3 is 2.36 bits per heavy atom. The van der Waals surface area contributed by atoms with Gasteiger partial charge in [-0.1, -0.05) is 23.7 Å². The number of amides is 2. The van der Waals surface area contributed by atoms with E-state index in [1.54, 1.807) is 12.1 Å². The number of hydrogen-bond acceptors (Lipinski definition) is 3. The van der Waals surface area contributed by atoms with Crippen LogP contribution in [0.3, 0.4) is 0 Å². The fourth-order valence-corrected chi connectivity index (χ4v) is 5.42. The van der Waals surface area contributed by atoms with E-state index in [1.807, 2.05) is 46.2 Å². The van der Waals surface area contributed by atoms with Crippen LogP contribution in [0.25, 0.3) is 0 Å². The van der Waals surface area contributed by atoms with Crippen LogP contribution in [0.1, 0.15) is 48.9 Å². The van der Waals surface area contributed by atoms with Crippen molar-refractivity contribution in [1.29, 1.82) is 0 Å². The number of likely N-dealkylation sites (tertiary alicyclic amines) is 2. The average Bonchev–Trinajstić information content (AvgIpc) is 2.84. The van der Waals surface area contributed by atoms with Crippen molar-refractivity contribution in [2.75, 3.05) is 32.8 Å². The number of hydrogen-bond donors (Lipinski definition) is 0. The van der Waals surface area contributed by atoms with Crippen LogP contribution >= 0.6 is 27.5 Å². The van der Waals surface area contributed by atoms with E-state index in [9.17, 15) is 9.59 Å². The van der Waals surface area contributed by atoms with Gasteiger partial charge >= 0.3 is 0 Å². The lowest BCUT2D eigenvalue weighted by Crippen LogP contribution is -2.51. The van der Waals surface area contributed by atoms with Crippen molar-refractivity contribution in [1.82, 2.24) is 9.80 Å². The number of piperidine rings is 2. The van der Waals surface area contributed by atoms with Crippen LogP contribution in [0.15, 0.2) is 53.0 Å². The summed E-state index contributed by atoms with van der Waals surface area (Å²) in [6.45, 7) is 3.22. The van der Waals surface area contributed by atoms with Crippen molar-refractivity contribution in [3.8, 4) is 5.75 Å². The summed E-state index contributed by atoms with van der Waals surface area (Å²) in [7, 11) is 0. The summed E-state index contributed by atoms with van der Waals surface area (Å²) in [4.78, 5) is 30.5. The molecule has 0 spiro atoms. The summed E-state index contributed by atoms with van der Waals surface area (Å²) in [5.41, 5.74) is 0.220. The SMILES string of the molecule is O=C(CC1(COc2ccc(Cl)cc2)CCCN(C(=O)c2ccccc2Br)C1)N1CCCCC1. The van der Waals surface area contributed by atoms with Crippen LogP contribution in [0, 0.1) is 5.41 Å². The Morgan fingerprint density at radius 2 is 1.64 bits per heavy atom. The van der Waals surface area contributed by atoms with E-state index >= 15 is 0 Å². The van der Waals surface area contributed by atoms with Gasteiger partial charge in [0.05, 0.1) is 12.2 Å². The number of ether oxygens (including phenoxy) is 1. The summed E-state index contributed by atoms with van der Waals surface area (Å²) in [6.07, 6.45) is 5.38. The number of carbonyl (C=O) groups is 2. The van der Waals surface area contributed by atoms with E-state index < -0.39 is 5.41 Å². The molecular weight excluding hydrogens is 504 g/mol. The first-order valence-electron chi connectivity index (χ1n) is 11.7. The second-order valence-electron chi connectivity index (χ2n) is 9.17. The van der Waals surface area contributed by atoms with Crippen molar-refractivity contribution >= 4 is 39.3 Å². The van der Waals surface area contributed by atoms with Gasteiger partial charge < -0.3 is 14.5 Å². The molecule has 4 rings (SSSR count). The molecule has 2 saturated heterocycles. The Labute approximate surface area is 209 Å². The van der Waals surface area contributed by atoms with Gasteiger partial charge in [0.25, 0.3) is 5.91 Å². The Hall–Kier alpha value is -2.05. The molecule has 2 amide bonds. The molecule has 0 radical (unpaired) electrons. The molecule has 176 valence electrons. The lowest BCUT2D eigenvalue weighted by Gasteiger charge is -2.43. The quantitative estimate of drug-likeness (QED) is 0.471. The Bertz CT molecular complexity index is 978. The monoisotopic (exact) mass is 532 g/mol. The second-order valence-corrected chi connectivity index (χ2v) is 10.5. The Morgan fingerprint density at radius 1 is 0.939 bits per heavy atom. The van der Waals surface area contributed by atoms with Crippen molar-refractivity contribution < 1.29 is 14.3 Å². The van der Waals surface area contributed by atoms with E-state index in [-0.39, 0.29) is 11.8 Å². The van der Waals surface area contributed by atoms with Gasteiger partial charge in [-0.2, -0.15) is 0 Å². The van der Waals surface area contributed by atoms with Gasteiger partial charge in [0.15, 0.2) is 0 Å². The third-order valence-electron chi connectivity index (χ3n) is 6.65. The number of carbonyl (C=O) groups excluding carboxylic acids is 2. The van der Waals surface area contributed by atoms with Gasteiger partial charge in [-0.15, -0.1) is 0 Å². The molecule has 0 aromatic heterocycles. The molecule has 2 heterocycles. The molecule has 1 atom stereocenters. The fraction of sp³-hybridized carbons (Fsp3) is 0.462. The molecule has 0 aliphatic carbocycles. The maximum absolute atomic E-state index is 13.4. The molecule has 0 bridgehead atoms. The minimum Gasteiger partial charge on any atom is -0.493 e. The molecule has 5 nitrogen and oxygen atoms in total. The van der Waals surface area contributed by atoms with Crippen LogP contribution < -0.4 is 4.74 Å². The summed E-state index contributed by atoms with van der Waals surface area (Å²) in [5.74, 6) is 0.881. The molecule has 2 aromatic rings. The molecule has 1 unspecified atom stereocenters. The van der Waals surface area contributed by atoms with Crippen molar-refractivity contribution in [3.63, 3.8) is 0 Å². The summed E-state index contributed by atoms with van der Waals surface area (Å²) >= 11 is 9.52. The lowest BCUT2D eigenvalue weighted by molar-refractivity contribution is -0.136. The highest BCUT2D eigenvalue weighted by Gasteiger charge is 2.41. The van der Waals surface area contributed by atoms with E-state index in [1.165, 1.54) is 6.42 Å². The van der Waals surface area contributed by atoms with Crippen LogP contribution in [0.5, 0.6) is 5.75 Å². The molecule has 0 N–H and O–H groups in total. The van der Waals surface area contributed by atoms with E-state index in [2.05, 4.69) is 15.9 Å². The molecular formula is C26H30BrClN2O3. The molecule has 2 aromatic carbocycles. The van der Waals surface area contributed by atoms with Gasteiger partial charge in [0.2, 0.25) is 5.91 Å². The number of halogens is 2. The first kappa shape index (κ1) is 24.1. The summed E-state index contributed by atoms with van der Waals surface area (Å²) in [6, 6.07) is 14.8. The zero-order valence-electron chi connectivity index (χ0n) is 18.8. The van der Waals surface area contributed by atoms with Crippen molar-refractivity contribution in [2.45, 2.75) is 38.5 Å². The standard InChI is InChI=1S/C26H30BrClN2O3/c27-23-8-3-2-7-22(23)25(32)30-16-6-13-26(18-30,17-24(31)29-14-4-1-5-15-29)19-33-21-11-9-20(28)10-12-21/h2-3,7-12H,1,4-6,13-19H2. The number of nitrogens with zero attached hydrogens (tertiary/aromatic N) is 2. The van der Waals surface area contributed by atoms with Gasteiger partial charge in [-0.25, -0.2) is 0 Å². The average molecular weight is 534 g/mol. The molecule has 2 aliphatic heterocycles. The number of benzene rings is 2. The predicted molar refractivity (Wildman–Crippen MR) is 134 cm³/mol. The predicted octanol–water partition coefficient (Wildman–Crippen LogP) is 5.81. The van der Waals surface area contributed by atoms with Crippen LogP contribution in [0.2, 0.25) is 5.02 Å². The van der Waals surface area contributed by atoms with Gasteiger partial charge in [0.1, 0.15) is 5.75 Å². The third-order valence-corrected chi connectivity index (χ3v) is 7.59.